The van der Waals surface area contributed by atoms with Crippen molar-refractivity contribution in [2.45, 2.75) is 44.3 Å². The number of amides is 1. The summed E-state index contributed by atoms with van der Waals surface area (Å²) in [6.07, 6.45) is -7.08. The van der Waals surface area contributed by atoms with Crippen LogP contribution in [0, 0.1) is 17.2 Å². The smallest absolute Gasteiger partial charge is 0.383 e. The molecule has 1 aliphatic carbocycles. The van der Waals surface area contributed by atoms with Crippen molar-refractivity contribution in [2.24, 2.45) is 13.0 Å². The number of hydrogen-bond acceptors (Lipinski definition) is 8. The summed E-state index contributed by atoms with van der Waals surface area (Å²) < 4.78 is 91.5. The van der Waals surface area contributed by atoms with Crippen LogP contribution >= 0.6 is 0 Å². The lowest BCUT2D eigenvalue weighted by molar-refractivity contribution is -0.138. The van der Waals surface area contributed by atoms with E-state index in [0.717, 1.165) is 23.1 Å². The monoisotopic (exact) mass is 684 g/mol. The van der Waals surface area contributed by atoms with Gasteiger partial charge in [0, 0.05) is 44.4 Å². The van der Waals surface area contributed by atoms with Crippen LogP contribution in [0.25, 0.3) is 22.5 Å². The molecule has 0 atom stereocenters. The summed E-state index contributed by atoms with van der Waals surface area (Å²) in [5.74, 6) is -0.538. The highest BCUT2D eigenvalue weighted by molar-refractivity contribution is 6.10. The molecule has 6 rings (SSSR count). The van der Waals surface area contributed by atoms with Gasteiger partial charge >= 0.3 is 12.4 Å². The minimum atomic E-state index is -4.77. The van der Waals surface area contributed by atoms with E-state index < -0.39 is 35.9 Å². The quantitative estimate of drug-likeness (QED) is 0.150. The number of hydrogen-bond donors (Lipinski definition) is 2. The average molecular weight is 685 g/mol. The molecule has 4 aromatic rings. The van der Waals surface area contributed by atoms with Crippen molar-refractivity contribution in [2.75, 3.05) is 30.5 Å². The largest absolute Gasteiger partial charge is 0.416 e. The van der Waals surface area contributed by atoms with Gasteiger partial charge in [-0.3, -0.25) is 9.69 Å². The summed E-state index contributed by atoms with van der Waals surface area (Å²) in [5, 5.41) is 23.3. The van der Waals surface area contributed by atoms with Gasteiger partial charge in [0.15, 0.2) is 5.82 Å². The molecule has 0 saturated heterocycles. The lowest BCUT2D eigenvalue weighted by Crippen LogP contribution is -2.35. The highest BCUT2D eigenvalue weighted by Gasteiger charge is 2.41. The zero-order chi connectivity index (χ0) is 35.1. The highest BCUT2D eigenvalue weighted by Crippen LogP contribution is 2.42. The molecule has 0 bridgehead atoms. The van der Waals surface area contributed by atoms with Crippen LogP contribution in [0.2, 0.25) is 0 Å². The van der Waals surface area contributed by atoms with Gasteiger partial charge in [-0.1, -0.05) is 0 Å². The summed E-state index contributed by atoms with van der Waals surface area (Å²) in [7, 11) is 3.12. The second-order valence-electron chi connectivity index (χ2n) is 12.0. The number of rotatable bonds is 10. The first-order chi connectivity index (χ1) is 23.3. The molecule has 256 valence electrons. The van der Waals surface area contributed by atoms with Gasteiger partial charge in [0.05, 0.1) is 36.3 Å². The van der Waals surface area contributed by atoms with Gasteiger partial charge in [0.2, 0.25) is 0 Å². The number of pyridine rings is 1. The van der Waals surface area contributed by atoms with E-state index in [1.807, 2.05) is 0 Å². The first-order valence-electron chi connectivity index (χ1n) is 15.3. The first-order valence-corrected chi connectivity index (χ1v) is 15.3. The van der Waals surface area contributed by atoms with Crippen molar-refractivity contribution in [3.8, 4) is 28.6 Å². The van der Waals surface area contributed by atoms with Crippen molar-refractivity contribution >= 4 is 17.5 Å². The van der Waals surface area contributed by atoms with Gasteiger partial charge in [-0.2, -0.15) is 31.6 Å². The van der Waals surface area contributed by atoms with E-state index in [1.165, 1.54) is 42.3 Å². The van der Waals surface area contributed by atoms with Crippen LogP contribution in [0.4, 0.5) is 38.0 Å². The number of methoxy groups -OCH3 is 1. The number of carbonyl (C=O) groups is 1. The third-order valence-electron chi connectivity index (χ3n) is 8.59. The molecule has 1 aliphatic heterocycles. The lowest BCUT2D eigenvalue weighted by Gasteiger charge is -2.32. The van der Waals surface area contributed by atoms with E-state index in [-0.39, 0.29) is 63.8 Å². The van der Waals surface area contributed by atoms with Crippen LogP contribution in [-0.2, 0) is 37.2 Å². The molecule has 10 nitrogen and oxygen atoms in total. The number of alkyl halides is 6. The summed E-state index contributed by atoms with van der Waals surface area (Å²) in [4.78, 5) is 19.5. The molecule has 0 unspecified atom stereocenters. The number of anilines is 2. The molecule has 3 heterocycles. The van der Waals surface area contributed by atoms with Crippen LogP contribution in [-0.4, -0.2) is 52.0 Å². The SMILES string of the molecule is COCCNCc1cc2c(c(C(F)(F)F)c1)CN(c1cc(-c3cc(C(F)(F)F)ccc3-c3nncn3C)cc(N[C@H]3C[C@@H](C#N)C3)n1)C2=O. The number of benzene rings is 2. The minimum absolute atomic E-state index is 0.0558. The second-order valence-corrected chi connectivity index (χ2v) is 12.0. The van der Waals surface area contributed by atoms with Crippen LogP contribution in [0.3, 0.4) is 0 Å². The van der Waals surface area contributed by atoms with Gasteiger partial charge in [-0.15, -0.1) is 10.2 Å². The number of aromatic nitrogens is 4. The summed E-state index contributed by atoms with van der Waals surface area (Å²) in [6, 6.07) is 10.4. The van der Waals surface area contributed by atoms with Crippen LogP contribution in [0.5, 0.6) is 0 Å². The molecule has 1 amide bonds. The Balaban J connectivity index is 1.46. The predicted molar refractivity (Wildman–Crippen MR) is 166 cm³/mol. The Morgan fingerprint density at radius 1 is 1.02 bits per heavy atom. The van der Waals surface area contributed by atoms with Gasteiger partial charge < -0.3 is 19.9 Å². The summed E-state index contributed by atoms with van der Waals surface area (Å²) in [6.45, 7) is 0.309. The number of aryl methyl sites for hydroxylation is 1. The summed E-state index contributed by atoms with van der Waals surface area (Å²) >= 11 is 0. The minimum Gasteiger partial charge on any atom is -0.383 e. The Morgan fingerprint density at radius 3 is 2.45 bits per heavy atom. The van der Waals surface area contributed by atoms with E-state index in [4.69, 9.17) is 4.74 Å². The highest BCUT2D eigenvalue weighted by atomic mass is 19.4. The van der Waals surface area contributed by atoms with Gasteiger partial charge in [-0.25, -0.2) is 4.98 Å². The molecule has 2 N–H and O–H groups in total. The topological polar surface area (TPSA) is 121 Å². The number of carbonyl (C=O) groups excluding carboxylic acids is 1. The summed E-state index contributed by atoms with van der Waals surface area (Å²) in [5.41, 5.74) is -1.44. The Morgan fingerprint density at radius 2 is 1.80 bits per heavy atom. The van der Waals surface area contributed by atoms with Gasteiger partial charge in [-0.05, 0) is 77.6 Å². The zero-order valence-corrected chi connectivity index (χ0v) is 26.3. The number of halogens is 6. The third kappa shape index (κ3) is 6.94. The molecule has 0 radical (unpaired) electrons. The number of nitrogens with one attached hydrogen (secondary N) is 2. The maximum atomic E-state index is 14.3. The van der Waals surface area contributed by atoms with E-state index in [2.05, 4.69) is 31.9 Å². The molecule has 2 aromatic heterocycles. The number of fused-ring (bicyclic) bond motifs is 1. The Kier molecular flexibility index (Phi) is 9.07. The Bertz CT molecular complexity index is 1930. The normalized spacial score (nSPS) is 17.5. The van der Waals surface area contributed by atoms with Gasteiger partial charge in [0.1, 0.15) is 18.0 Å². The maximum absolute atomic E-state index is 14.3. The fourth-order valence-electron chi connectivity index (χ4n) is 6.03. The second kappa shape index (κ2) is 13.1. The lowest BCUT2D eigenvalue weighted by atomic mass is 9.81. The first kappa shape index (κ1) is 33.9. The zero-order valence-electron chi connectivity index (χ0n) is 26.3. The van der Waals surface area contributed by atoms with E-state index in [1.54, 1.807) is 7.05 Å². The van der Waals surface area contributed by atoms with E-state index in [0.29, 0.717) is 31.6 Å². The van der Waals surface area contributed by atoms with Gasteiger partial charge in [0.25, 0.3) is 5.91 Å². The Hall–Kier alpha value is -5.01. The molecule has 1 saturated carbocycles. The van der Waals surface area contributed by atoms with Crippen molar-refractivity contribution < 1.29 is 35.9 Å². The number of nitriles is 1. The number of nitrogens with zero attached hydrogens (tertiary/aromatic N) is 6. The van der Waals surface area contributed by atoms with Crippen LogP contribution in [0.1, 0.15) is 45.5 Å². The fraction of sp³-hybridized carbons (Fsp3) is 0.364. The van der Waals surface area contributed by atoms with Crippen molar-refractivity contribution in [1.82, 2.24) is 25.1 Å². The molecule has 2 aliphatic rings. The average Bonchev–Trinajstić information content (AvgIpc) is 3.61. The third-order valence-corrected chi connectivity index (χ3v) is 8.59. The van der Waals surface area contributed by atoms with Crippen LogP contribution in [0.15, 0.2) is 48.8 Å². The molecule has 2 aromatic carbocycles. The molecular weight excluding hydrogens is 654 g/mol. The van der Waals surface area contributed by atoms with Crippen molar-refractivity contribution in [1.29, 1.82) is 5.26 Å². The van der Waals surface area contributed by atoms with Crippen molar-refractivity contribution in [3.63, 3.8) is 0 Å². The van der Waals surface area contributed by atoms with E-state index in [9.17, 15) is 36.4 Å². The van der Waals surface area contributed by atoms with E-state index >= 15 is 0 Å². The van der Waals surface area contributed by atoms with Crippen LogP contribution < -0.4 is 15.5 Å². The van der Waals surface area contributed by atoms with Crippen molar-refractivity contribution in [3.05, 3.63) is 76.6 Å². The molecular formula is C33H30F6N8O2. The standard InChI is InChI=1S/C33H30F6N8O2/c1-46-17-42-45-30(46)23-4-3-21(32(34,35)36)13-24(23)20-11-28(43-22-7-18(8-22)14-40)44-29(12-20)47-16-26-25(31(47)48)9-19(15-41-5-6-49-2)10-27(26)33(37,38)39/h3-4,9-13,17-18,22,41H,5-8,15-16H2,1-2H3,(H,43,44)/t18-,22+. The number of ether oxygens (including phenoxy) is 1. The molecule has 1 fully saturated rings. The Labute approximate surface area is 276 Å². The molecule has 0 spiro atoms. The predicted octanol–water partition coefficient (Wildman–Crippen LogP) is 6.19. The maximum Gasteiger partial charge on any atom is 0.416 e. The molecule has 49 heavy (non-hydrogen) atoms. The molecule has 16 heteroatoms. The fourth-order valence-corrected chi connectivity index (χ4v) is 6.03.